The van der Waals surface area contributed by atoms with Crippen LogP contribution in [0.2, 0.25) is 0 Å². The van der Waals surface area contributed by atoms with Crippen LogP contribution in [0.25, 0.3) is 0 Å². The summed E-state index contributed by atoms with van der Waals surface area (Å²) in [6, 6.07) is 14.8. The highest BCUT2D eigenvalue weighted by Crippen LogP contribution is 2.29. The van der Waals surface area contributed by atoms with E-state index in [1.54, 1.807) is 18.2 Å². The minimum Gasteiger partial charge on any atom is -0.355 e. The van der Waals surface area contributed by atoms with Gasteiger partial charge in [0.05, 0.1) is 10.8 Å². The van der Waals surface area contributed by atoms with Gasteiger partial charge in [-0.25, -0.2) is 8.42 Å². The van der Waals surface area contributed by atoms with Crippen LogP contribution in [0.3, 0.4) is 0 Å². The largest absolute Gasteiger partial charge is 0.355 e. The molecule has 2 N–H and O–H groups in total. The van der Waals surface area contributed by atoms with Gasteiger partial charge in [-0.1, -0.05) is 30.3 Å². The first kappa shape index (κ1) is 22.5. The molecule has 2 amide bonds. The number of hydrogen-bond acceptors (Lipinski definition) is 4. The minimum atomic E-state index is -3.71. The predicted octanol–water partition coefficient (Wildman–Crippen LogP) is 2.72. The molecular formula is C24H29N3O4S. The molecule has 7 nitrogen and oxygen atoms in total. The van der Waals surface area contributed by atoms with E-state index in [9.17, 15) is 18.0 Å². The Morgan fingerprint density at radius 3 is 2.72 bits per heavy atom. The van der Waals surface area contributed by atoms with Gasteiger partial charge < -0.3 is 10.6 Å². The molecule has 0 saturated carbocycles. The number of nitrogens with zero attached hydrogens (tertiary/aromatic N) is 1. The van der Waals surface area contributed by atoms with E-state index in [4.69, 9.17) is 0 Å². The number of carbonyl (C=O) groups is 2. The molecular weight excluding hydrogens is 426 g/mol. The van der Waals surface area contributed by atoms with Crippen molar-refractivity contribution in [3.8, 4) is 0 Å². The molecule has 170 valence electrons. The number of fused-ring (bicyclic) bond motifs is 1. The summed E-state index contributed by atoms with van der Waals surface area (Å²) in [4.78, 5) is 24.7. The van der Waals surface area contributed by atoms with Gasteiger partial charge in [0.2, 0.25) is 21.8 Å². The Labute approximate surface area is 189 Å². The fourth-order valence-electron chi connectivity index (χ4n) is 4.35. The lowest BCUT2D eigenvalue weighted by Crippen LogP contribution is -2.45. The summed E-state index contributed by atoms with van der Waals surface area (Å²) in [7, 11) is -3.71. The highest BCUT2D eigenvalue weighted by Gasteiger charge is 2.33. The maximum Gasteiger partial charge on any atom is 0.243 e. The Kier molecular flexibility index (Phi) is 6.91. The first-order valence-corrected chi connectivity index (χ1v) is 12.6. The van der Waals surface area contributed by atoms with Crippen molar-refractivity contribution in [2.75, 3.05) is 25.0 Å². The number of piperidine rings is 1. The Hall–Kier alpha value is -2.71. The van der Waals surface area contributed by atoms with E-state index >= 15 is 0 Å². The highest BCUT2D eigenvalue weighted by atomic mass is 32.2. The highest BCUT2D eigenvalue weighted by molar-refractivity contribution is 7.89. The predicted molar refractivity (Wildman–Crippen MR) is 123 cm³/mol. The Bertz CT molecular complexity index is 1090. The van der Waals surface area contributed by atoms with Gasteiger partial charge in [-0.2, -0.15) is 4.31 Å². The average Bonchev–Trinajstić information content (AvgIpc) is 2.99. The van der Waals surface area contributed by atoms with Crippen molar-refractivity contribution in [3.63, 3.8) is 0 Å². The Morgan fingerprint density at radius 1 is 1.09 bits per heavy atom. The standard InChI is InChI=1S/C24H29N3O4S/c28-23-10-4-8-19-16-21(11-12-22(19)26-23)32(30,31)27-15-5-9-20(17-27)24(29)25-14-13-18-6-2-1-3-7-18/h1-3,6-7,11-12,16,20H,4-5,8-10,13-15,17H2,(H,25,29)(H,26,28)/t20-/m1/s1. The first-order chi connectivity index (χ1) is 15.4. The summed E-state index contributed by atoms with van der Waals surface area (Å²) in [6.07, 6.45) is 3.86. The van der Waals surface area contributed by atoms with Gasteiger partial charge in [0.25, 0.3) is 0 Å². The summed E-state index contributed by atoms with van der Waals surface area (Å²) < 4.78 is 28.0. The third kappa shape index (κ3) is 5.19. The second kappa shape index (κ2) is 9.83. The molecule has 0 unspecified atom stereocenters. The number of hydrogen-bond donors (Lipinski definition) is 2. The number of aryl methyl sites for hydroxylation is 1. The molecule has 2 aromatic rings. The van der Waals surface area contributed by atoms with Crippen LogP contribution in [0.15, 0.2) is 53.4 Å². The van der Waals surface area contributed by atoms with Crippen molar-refractivity contribution in [1.29, 1.82) is 0 Å². The van der Waals surface area contributed by atoms with Crippen LogP contribution in [-0.4, -0.2) is 44.2 Å². The number of rotatable bonds is 6. The van der Waals surface area contributed by atoms with Crippen LogP contribution in [-0.2, 0) is 32.5 Å². The number of benzene rings is 2. The summed E-state index contributed by atoms with van der Waals surface area (Å²) in [5.41, 5.74) is 2.67. The molecule has 4 rings (SSSR count). The molecule has 2 aliphatic rings. The summed E-state index contributed by atoms with van der Waals surface area (Å²) in [5.74, 6) is -0.489. The fraction of sp³-hybridized carbons (Fsp3) is 0.417. The van der Waals surface area contributed by atoms with Crippen LogP contribution < -0.4 is 10.6 Å². The molecule has 0 aromatic heterocycles. The van der Waals surface area contributed by atoms with Gasteiger partial charge in [-0.15, -0.1) is 0 Å². The number of amides is 2. The van der Waals surface area contributed by atoms with Crippen molar-refractivity contribution in [1.82, 2.24) is 9.62 Å². The lowest BCUT2D eigenvalue weighted by molar-refractivity contribution is -0.126. The zero-order valence-electron chi connectivity index (χ0n) is 18.0. The Morgan fingerprint density at radius 2 is 1.91 bits per heavy atom. The van der Waals surface area contributed by atoms with E-state index in [1.165, 1.54) is 4.31 Å². The fourth-order valence-corrected chi connectivity index (χ4v) is 5.93. The molecule has 0 aliphatic carbocycles. The summed E-state index contributed by atoms with van der Waals surface area (Å²) in [5, 5.41) is 5.80. The van der Waals surface area contributed by atoms with Crippen LogP contribution >= 0.6 is 0 Å². The monoisotopic (exact) mass is 455 g/mol. The molecule has 0 radical (unpaired) electrons. The topological polar surface area (TPSA) is 95.6 Å². The number of anilines is 1. The zero-order valence-corrected chi connectivity index (χ0v) is 18.9. The number of nitrogens with one attached hydrogen (secondary N) is 2. The van der Waals surface area contributed by atoms with Crippen molar-refractivity contribution in [2.45, 2.75) is 43.4 Å². The molecule has 1 atom stereocenters. The van der Waals surface area contributed by atoms with E-state index in [-0.39, 0.29) is 29.2 Å². The molecule has 1 saturated heterocycles. The van der Waals surface area contributed by atoms with Crippen molar-refractivity contribution in [2.24, 2.45) is 5.92 Å². The second-order valence-electron chi connectivity index (χ2n) is 8.45. The van der Waals surface area contributed by atoms with Gasteiger partial charge in [0.15, 0.2) is 0 Å². The normalized spacial score (nSPS) is 19.5. The van der Waals surface area contributed by atoms with Gasteiger partial charge in [0, 0.05) is 31.7 Å². The molecule has 2 aromatic carbocycles. The SMILES string of the molecule is O=C1CCCc2cc(S(=O)(=O)N3CCC[C@@H](C(=O)NCCc4ccccc4)C3)ccc2N1. The third-order valence-corrected chi connectivity index (χ3v) is 8.01. The lowest BCUT2D eigenvalue weighted by Gasteiger charge is -2.31. The second-order valence-corrected chi connectivity index (χ2v) is 10.4. The van der Waals surface area contributed by atoms with Gasteiger partial charge >= 0.3 is 0 Å². The molecule has 2 aliphatic heterocycles. The molecule has 8 heteroatoms. The molecule has 0 bridgehead atoms. The van der Waals surface area contributed by atoms with Gasteiger partial charge in [0.1, 0.15) is 0 Å². The number of carbonyl (C=O) groups excluding carboxylic acids is 2. The Balaban J connectivity index is 1.40. The molecule has 32 heavy (non-hydrogen) atoms. The van der Waals surface area contributed by atoms with E-state index in [2.05, 4.69) is 10.6 Å². The maximum atomic E-state index is 13.3. The molecule has 2 heterocycles. The molecule has 1 fully saturated rings. The first-order valence-electron chi connectivity index (χ1n) is 11.2. The lowest BCUT2D eigenvalue weighted by atomic mass is 9.99. The van der Waals surface area contributed by atoms with E-state index in [0.29, 0.717) is 50.9 Å². The summed E-state index contributed by atoms with van der Waals surface area (Å²) in [6.45, 7) is 1.12. The van der Waals surface area contributed by atoms with E-state index in [0.717, 1.165) is 17.5 Å². The van der Waals surface area contributed by atoms with Crippen LogP contribution in [0.4, 0.5) is 5.69 Å². The number of sulfonamides is 1. The average molecular weight is 456 g/mol. The van der Waals surface area contributed by atoms with Gasteiger partial charge in [-0.05, 0) is 61.4 Å². The third-order valence-electron chi connectivity index (χ3n) is 6.15. The van der Waals surface area contributed by atoms with E-state index < -0.39 is 10.0 Å². The van der Waals surface area contributed by atoms with Crippen LogP contribution in [0.1, 0.15) is 36.8 Å². The quantitative estimate of drug-likeness (QED) is 0.700. The zero-order chi connectivity index (χ0) is 22.6. The smallest absolute Gasteiger partial charge is 0.243 e. The molecule has 0 spiro atoms. The van der Waals surface area contributed by atoms with Crippen molar-refractivity contribution < 1.29 is 18.0 Å². The van der Waals surface area contributed by atoms with Crippen molar-refractivity contribution in [3.05, 3.63) is 59.7 Å². The van der Waals surface area contributed by atoms with Gasteiger partial charge in [-0.3, -0.25) is 9.59 Å². The van der Waals surface area contributed by atoms with Crippen molar-refractivity contribution >= 4 is 27.5 Å². The minimum absolute atomic E-state index is 0.0449. The summed E-state index contributed by atoms with van der Waals surface area (Å²) >= 11 is 0. The van der Waals surface area contributed by atoms with Crippen LogP contribution in [0, 0.1) is 5.92 Å². The van der Waals surface area contributed by atoms with E-state index in [1.807, 2.05) is 30.3 Å². The maximum absolute atomic E-state index is 13.3. The van der Waals surface area contributed by atoms with Crippen LogP contribution in [0.5, 0.6) is 0 Å².